The Kier molecular flexibility index (Phi) is 5.99. The summed E-state index contributed by atoms with van der Waals surface area (Å²) in [7, 11) is -4.24. The molecule has 11 nitrogen and oxygen atoms in total. The number of benzene rings is 1. The van der Waals surface area contributed by atoms with Crippen LogP contribution in [0.4, 0.5) is 5.69 Å². The molecule has 0 amide bonds. The molecular formula is C13H14N3O8P. The minimum atomic E-state index is -4.24. The van der Waals surface area contributed by atoms with Crippen LogP contribution in [-0.4, -0.2) is 44.2 Å². The van der Waals surface area contributed by atoms with Crippen molar-refractivity contribution in [3.63, 3.8) is 0 Å². The van der Waals surface area contributed by atoms with Crippen LogP contribution < -0.4 is 10.3 Å². The normalized spacial score (nSPS) is 11.3. The molecule has 1 aromatic heterocycles. The largest absolute Gasteiger partial charge is 0.475 e. The fourth-order valence-corrected chi connectivity index (χ4v) is 2.14. The zero-order valence-electron chi connectivity index (χ0n) is 12.7. The highest BCUT2D eigenvalue weighted by molar-refractivity contribution is 7.51. The molecule has 0 bridgehead atoms. The Hall–Kier alpha value is -2.59. The number of hydrogen-bond donors (Lipinski definition) is 3. The molecule has 0 aliphatic heterocycles. The average Bonchev–Trinajstić information content (AvgIpc) is 2.53. The van der Waals surface area contributed by atoms with Gasteiger partial charge in [0.2, 0.25) is 5.88 Å². The fraction of sp³-hybridized carbons (Fsp3) is 0.231. The zero-order chi connectivity index (χ0) is 18.4. The maximum Gasteiger partial charge on any atom is 0.350 e. The van der Waals surface area contributed by atoms with Gasteiger partial charge in [0.1, 0.15) is 18.8 Å². The standard InChI is InChI=1S/C13H14N3O8P/c17-11-7-12(24-6-5-23-8-25(20,21)22)15-13(14-11)9-1-3-10(4-2-9)16(18)19/h1-4,7H,5-6,8H2,(H,14,15,17)(H2,20,21,22). The number of nitrogens with one attached hydrogen (secondary N) is 1. The van der Waals surface area contributed by atoms with E-state index >= 15 is 0 Å². The Morgan fingerprint density at radius 2 is 1.92 bits per heavy atom. The van der Waals surface area contributed by atoms with Crippen molar-refractivity contribution in [2.45, 2.75) is 0 Å². The monoisotopic (exact) mass is 371 g/mol. The number of aromatic amines is 1. The molecule has 0 saturated carbocycles. The van der Waals surface area contributed by atoms with Crippen molar-refractivity contribution < 1.29 is 28.7 Å². The number of H-pyrrole nitrogens is 1. The minimum Gasteiger partial charge on any atom is -0.475 e. The van der Waals surface area contributed by atoms with Gasteiger partial charge in [-0.1, -0.05) is 0 Å². The van der Waals surface area contributed by atoms with Gasteiger partial charge in [0.15, 0.2) is 0 Å². The van der Waals surface area contributed by atoms with E-state index in [4.69, 9.17) is 19.3 Å². The molecule has 134 valence electrons. The third kappa shape index (κ3) is 6.08. The number of nitro benzene ring substituents is 1. The molecule has 0 spiro atoms. The Morgan fingerprint density at radius 1 is 1.24 bits per heavy atom. The maximum atomic E-state index is 11.7. The second kappa shape index (κ2) is 7.99. The predicted molar refractivity (Wildman–Crippen MR) is 85.3 cm³/mol. The lowest BCUT2D eigenvalue weighted by molar-refractivity contribution is -0.384. The first-order valence-electron chi connectivity index (χ1n) is 6.86. The fourth-order valence-electron chi connectivity index (χ4n) is 1.78. The highest BCUT2D eigenvalue weighted by Crippen LogP contribution is 2.33. The van der Waals surface area contributed by atoms with Gasteiger partial charge < -0.3 is 24.2 Å². The first-order chi connectivity index (χ1) is 11.7. The lowest BCUT2D eigenvalue weighted by Crippen LogP contribution is -2.13. The van der Waals surface area contributed by atoms with E-state index in [2.05, 4.69) is 9.97 Å². The molecule has 0 saturated heterocycles. The lowest BCUT2D eigenvalue weighted by Gasteiger charge is -2.08. The predicted octanol–water partition coefficient (Wildman–Crippen LogP) is 0.876. The van der Waals surface area contributed by atoms with Crippen molar-refractivity contribution >= 4 is 13.3 Å². The van der Waals surface area contributed by atoms with E-state index in [9.17, 15) is 19.5 Å². The Balaban J connectivity index is 2.03. The summed E-state index contributed by atoms with van der Waals surface area (Å²) in [6.07, 6.45) is -0.729. The highest BCUT2D eigenvalue weighted by atomic mass is 31.2. The van der Waals surface area contributed by atoms with Gasteiger partial charge in [0.25, 0.3) is 11.2 Å². The summed E-state index contributed by atoms with van der Waals surface area (Å²) in [5.74, 6) is 0.144. The molecule has 2 rings (SSSR count). The van der Waals surface area contributed by atoms with Gasteiger partial charge in [0, 0.05) is 17.7 Å². The summed E-state index contributed by atoms with van der Waals surface area (Å²) in [5.41, 5.74) is -0.138. The van der Waals surface area contributed by atoms with E-state index in [1.165, 1.54) is 24.3 Å². The summed E-state index contributed by atoms with van der Waals surface area (Å²) in [6.45, 7) is -0.178. The summed E-state index contributed by atoms with van der Waals surface area (Å²) in [5, 5.41) is 10.6. The number of hydrogen-bond acceptors (Lipinski definition) is 7. The minimum absolute atomic E-state index is 0.0168. The molecule has 12 heteroatoms. The molecule has 0 radical (unpaired) electrons. The van der Waals surface area contributed by atoms with Gasteiger partial charge in [-0.3, -0.25) is 19.5 Å². The van der Waals surface area contributed by atoms with E-state index < -0.39 is 24.4 Å². The van der Waals surface area contributed by atoms with Crippen molar-refractivity contribution in [3.8, 4) is 17.3 Å². The number of aromatic nitrogens is 2. The molecular weight excluding hydrogens is 357 g/mol. The highest BCUT2D eigenvalue weighted by Gasteiger charge is 2.12. The quantitative estimate of drug-likeness (QED) is 0.264. The Labute approximate surface area is 140 Å². The summed E-state index contributed by atoms with van der Waals surface area (Å²) in [6, 6.07) is 6.52. The van der Waals surface area contributed by atoms with Crippen LogP contribution >= 0.6 is 7.60 Å². The van der Waals surface area contributed by atoms with Gasteiger partial charge in [-0.15, -0.1) is 0 Å². The lowest BCUT2D eigenvalue weighted by atomic mass is 10.2. The van der Waals surface area contributed by atoms with E-state index in [1.54, 1.807) is 0 Å². The number of nitro groups is 1. The van der Waals surface area contributed by atoms with Crippen LogP contribution in [0, 0.1) is 10.1 Å². The number of nitrogens with zero attached hydrogens (tertiary/aromatic N) is 2. The molecule has 2 aromatic rings. The molecule has 25 heavy (non-hydrogen) atoms. The van der Waals surface area contributed by atoms with Crippen LogP contribution in [0.2, 0.25) is 0 Å². The molecule has 1 aromatic carbocycles. The van der Waals surface area contributed by atoms with Gasteiger partial charge in [-0.2, -0.15) is 4.98 Å². The van der Waals surface area contributed by atoms with Gasteiger partial charge in [0.05, 0.1) is 17.6 Å². The van der Waals surface area contributed by atoms with E-state index in [0.29, 0.717) is 5.56 Å². The van der Waals surface area contributed by atoms with Crippen molar-refractivity contribution in [2.24, 2.45) is 0 Å². The topological polar surface area (TPSA) is 165 Å². The Morgan fingerprint density at radius 3 is 2.52 bits per heavy atom. The van der Waals surface area contributed by atoms with E-state index in [0.717, 1.165) is 6.07 Å². The smallest absolute Gasteiger partial charge is 0.350 e. The molecule has 3 N–H and O–H groups in total. The van der Waals surface area contributed by atoms with Gasteiger partial charge in [-0.05, 0) is 12.1 Å². The molecule has 0 atom stereocenters. The summed E-state index contributed by atoms with van der Waals surface area (Å²) < 4.78 is 20.5. The van der Waals surface area contributed by atoms with Crippen LogP contribution in [0.1, 0.15) is 0 Å². The second-order valence-corrected chi connectivity index (χ2v) is 6.37. The maximum absolute atomic E-state index is 11.7. The summed E-state index contributed by atoms with van der Waals surface area (Å²) in [4.78, 5) is 45.6. The van der Waals surface area contributed by atoms with Crippen molar-refractivity contribution in [1.82, 2.24) is 9.97 Å². The van der Waals surface area contributed by atoms with Gasteiger partial charge >= 0.3 is 7.60 Å². The molecule has 0 aliphatic carbocycles. The van der Waals surface area contributed by atoms with Crippen LogP contribution in [0.5, 0.6) is 5.88 Å². The average molecular weight is 371 g/mol. The zero-order valence-corrected chi connectivity index (χ0v) is 13.6. The number of ether oxygens (including phenoxy) is 2. The first kappa shape index (κ1) is 18.7. The SMILES string of the molecule is O=c1cc(OCCOCP(=O)(O)O)nc(-c2ccc([N+](=O)[O-])cc2)[nH]1. The molecule has 0 aliphatic rings. The third-order valence-electron chi connectivity index (χ3n) is 2.81. The van der Waals surface area contributed by atoms with Crippen molar-refractivity contribution in [2.75, 3.05) is 19.6 Å². The molecule has 0 fully saturated rings. The van der Waals surface area contributed by atoms with Crippen LogP contribution in [0.25, 0.3) is 11.4 Å². The van der Waals surface area contributed by atoms with E-state index in [1.807, 2.05) is 0 Å². The van der Waals surface area contributed by atoms with Crippen LogP contribution in [0.3, 0.4) is 0 Å². The molecule has 0 unspecified atom stereocenters. The van der Waals surface area contributed by atoms with Gasteiger partial charge in [-0.25, -0.2) is 0 Å². The Bertz CT molecular complexity index is 845. The third-order valence-corrected chi connectivity index (χ3v) is 3.33. The van der Waals surface area contributed by atoms with Crippen LogP contribution in [-0.2, 0) is 9.30 Å². The van der Waals surface area contributed by atoms with Crippen molar-refractivity contribution in [1.29, 1.82) is 0 Å². The van der Waals surface area contributed by atoms with E-state index in [-0.39, 0.29) is 30.6 Å². The van der Waals surface area contributed by atoms with Crippen LogP contribution in [0.15, 0.2) is 35.1 Å². The first-order valence-corrected chi connectivity index (χ1v) is 8.66. The number of rotatable bonds is 8. The van der Waals surface area contributed by atoms with Crippen molar-refractivity contribution in [3.05, 3.63) is 50.8 Å². The molecule has 1 heterocycles. The summed E-state index contributed by atoms with van der Waals surface area (Å²) >= 11 is 0. The second-order valence-electron chi connectivity index (χ2n) is 4.79. The number of non-ortho nitro benzene ring substituents is 1.